The van der Waals surface area contributed by atoms with Gasteiger partial charge in [0.1, 0.15) is 18.5 Å². The Morgan fingerprint density at radius 3 is 2.53 bits per heavy atom. The molecule has 1 N–H and O–H groups in total. The summed E-state index contributed by atoms with van der Waals surface area (Å²) in [6, 6.07) is 4.59. The second-order valence-electron chi connectivity index (χ2n) is 4.53. The maximum absolute atomic E-state index is 12.5. The number of alkyl halides is 3. The van der Waals surface area contributed by atoms with E-state index in [-0.39, 0.29) is 12.4 Å². The van der Waals surface area contributed by atoms with Gasteiger partial charge >= 0.3 is 6.18 Å². The van der Waals surface area contributed by atoms with E-state index in [1.54, 1.807) is 12.2 Å². The average Bonchev–Trinajstić information content (AvgIpc) is 2.33. The van der Waals surface area contributed by atoms with Gasteiger partial charge < -0.3 is 9.84 Å². The molecule has 0 amide bonds. The molecule has 0 bridgehead atoms. The van der Waals surface area contributed by atoms with E-state index in [2.05, 4.69) is 0 Å². The fourth-order valence-electron chi connectivity index (χ4n) is 1.35. The second-order valence-corrected chi connectivity index (χ2v) is 4.53. The van der Waals surface area contributed by atoms with Crippen LogP contribution >= 0.6 is 0 Å². The molecule has 5 heteroatoms. The van der Waals surface area contributed by atoms with Gasteiger partial charge in [-0.3, -0.25) is 0 Å². The first kappa shape index (κ1) is 15.6. The van der Waals surface area contributed by atoms with Crippen LogP contribution in [0.3, 0.4) is 0 Å². The topological polar surface area (TPSA) is 29.5 Å². The fourth-order valence-corrected chi connectivity index (χ4v) is 1.35. The van der Waals surface area contributed by atoms with Crippen LogP contribution in [-0.4, -0.2) is 17.8 Å². The third-order valence-corrected chi connectivity index (χ3v) is 2.30. The molecule has 0 aromatic heterocycles. The van der Waals surface area contributed by atoms with Gasteiger partial charge in [0, 0.05) is 0 Å². The van der Waals surface area contributed by atoms with Crippen molar-refractivity contribution in [2.75, 3.05) is 6.61 Å². The summed E-state index contributed by atoms with van der Waals surface area (Å²) in [5.41, 5.74) is -0.766. The molecule has 1 rings (SSSR count). The van der Waals surface area contributed by atoms with Gasteiger partial charge in [-0.05, 0) is 24.1 Å². The Balaban J connectivity index is 2.59. The minimum atomic E-state index is -4.39. The molecule has 0 saturated heterocycles. The van der Waals surface area contributed by atoms with E-state index in [1.165, 1.54) is 12.1 Å². The molecule has 19 heavy (non-hydrogen) atoms. The monoisotopic (exact) mass is 274 g/mol. The van der Waals surface area contributed by atoms with Crippen LogP contribution in [0.15, 0.2) is 36.4 Å². The maximum Gasteiger partial charge on any atom is 0.416 e. The first-order valence-electron chi connectivity index (χ1n) is 5.95. The predicted molar refractivity (Wildman–Crippen MR) is 66.9 cm³/mol. The maximum atomic E-state index is 12.5. The molecule has 0 heterocycles. The zero-order chi connectivity index (χ0) is 14.5. The highest BCUT2D eigenvalue weighted by Crippen LogP contribution is 2.31. The Kier molecular flexibility index (Phi) is 5.42. The van der Waals surface area contributed by atoms with Crippen LogP contribution in [0, 0.1) is 5.92 Å². The largest absolute Gasteiger partial charge is 0.491 e. The van der Waals surface area contributed by atoms with Gasteiger partial charge in [-0.2, -0.15) is 13.2 Å². The third-order valence-electron chi connectivity index (χ3n) is 2.30. The van der Waals surface area contributed by atoms with Gasteiger partial charge in [-0.25, -0.2) is 0 Å². The lowest BCUT2D eigenvalue weighted by molar-refractivity contribution is -0.137. The van der Waals surface area contributed by atoms with Crippen molar-refractivity contribution in [3.63, 3.8) is 0 Å². The molecule has 0 spiro atoms. The summed E-state index contributed by atoms with van der Waals surface area (Å²) in [5.74, 6) is 0.384. The highest BCUT2D eigenvalue weighted by molar-refractivity contribution is 5.30. The molecule has 1 aromatic rings. The lowest BCUT2D eigenvalue weighted by Gasteiger charge is -2.12. The number of rotatable bonds is 5. The predicted octanol–water partition coefficient (Wildman–Crippen LogP) is 3.66. The Bertz CT molecular complexity index is 425. The van der Waals surface area contributed by atoms with E-state index in [1.807, 2.05) is 13.8 Å². The Hall–Kier alpha value is -1.49. The van der Waals surface area contributed by atoms with Crippen LogP contribution in [-0.2, 0) is 6.18 Å². The number of benzene rings is 1. The van der Waals surface area contributed by atoms with Gasteiger partial charge in [0.25, 0.3) is 0 Å². The number of hydrogen-bond acceptors (Lipinski definition) is 2. The highest BCUT2D eigenvalue weighted by Gasteiger charge is 2.30. The highest BCUT2D eigenvalue weighted by atomic mass is 19.4. The van der Waals surface area contributed by atoms with Gasteiger partial charge in [0.05, 0.1) is 5.56 Å². The van der Waals surface area contributed by atoms with Crippen LogP contribution in [0.5, 0.6) is 5.75 Å². The zero-order valence-electron chi connectivity index (χ0n) is 10.8. The minimum absolute atomic E-state index is 0.0788. The molecular formula is C14H17F3O2. The van der Waals surface area contributed by atoms with E-state index >= 15 is 0 Å². The fraction of sp³-hybridized carbons (Fsp3) is 0.429. The molecule has 0 radical (unpaired) electrons. The van der Waals surface area contributed by atoms with Gasteiger partial charge in [-0.1, -0.05) is 32.1 Å². The minimum Gasteiger partial charge on any atom is -0.491 e. The van der Waals surface area contributed by atoms with E-state index in [0.29, 0.717) is 5.92 Å². The van der Waals surface area contributed by atoms with Crippen LogP contribution < -0.4 is 4.74 Å². The van der Waals surface area contributed by atoms with Crippen molar-refractivity contribution < 1.29 is 23.0 Å². The van der Waals surface area contributed by atoms with Crippen molar-refractivity contribution in [1.29, 1.82) is 0 Å². The van der Waals surface area contributed by atoms with Crippen LogP contribution in [0.25, 0.3) is 0 Å². The molecule has 0 aliphatic heterocycles. The van der Waals surface area contributed by atoms with Crippen LogP contribution in [0.1, 0.15) is 19.4 Å². The first-order valence-corrected chi connectivity index (χ1v) is 5.95. The molecule has 0 fully saturated rings. The summed E-state index contributed by atoms with van der Waals surface area (Å²) in [6.45, 7) is 3.83. The number of hydrogen-bond donors (Lipinski definition) is 1. The quantitative estimate of drug-likeness (QED) is 0.830. The summed E-state index contributed by atoms with van der Waals surface area (Å²) in [4.78, 5) is 0. The summed E-state index contributed by atoms with van der Waals surface area (Å²) in [5, 5.41) is 9.55. The van der Waals surface area contributed by atoms with Gasteiger partial charge in [-0.15, -0.1) is 0 Å². The molecule has 106 valence electrons. The zero-order valence-corrected chi connectivity index (χ0v) is 10.8. The lowest BCUT2D eigenvalue weighted by Crippen LogP contribution is -2.15. The van der Waals surface area contributed by atoms with E-state index in [0.717, 1.165) is 12.1 Å². The average molecular weight is 274 g/mol. The van der Waals surface area contributed by atoms with Crippen molar-refractivity contribution in [2.24, 2.45) is 5.92 Å². The first-order chi connectivity index (χ1) is 8.79. The van der Waals surface area contributed by atoms with Crippen molar-refractivity contribution in [2.45, 2.75) is 26.1 Å². The molecule has 0 aliphatic carbocycles. The molecule has 1 aromatic carbocycles. The number of halogens is 3. The van der Waals surface area contributed by atoms with E-state index in [9.17, 15) is 18.3 Å². The Morgan fingerprint density at radius 2 is 1.95 bits per heavy atom. The van der Waals surface area contributed by atoms with Crippen molar-refractivity contribution in [3.8, 4) is 5.75 Å². The molecule has 1 atom stereocenters. The standard InChI is InChI=1S/C14H17F3O2/c1-10(2)6-7-12(18)9-19-13-5-3-4-11(8-13)14(15,16)17/h3-8,10,12,18H,9H2,1-2H3/b7-6+/t12-/m1/s1. The number of ether oxygens (including phenoxy) is 1. The normalized spacial score (nSPS) is 14.1. The summed E-state index contributed by atoms with van der Waals surface area (Å²) < 4.78 is 42.5. The van der Waals surface area contributed by atoms with Gasteiger partial charge in [0.15, 0.2) is 0 Å². The van der Waals surface area contributed by atoms with Crippen molar-refractivity contribution in [3.05, 3.63) is 42.0 Å². The van der Waals surface area contributed by atoms with Crippen LogP contribution in [0.4, 0.5) is 13.2 Å². The van der Waals surface area contributed by atoms with E-state index in [4.69, 9.17) is 4.74 Å². The lowest BCUT2D eigenvalue weighted by atomic mass is 10.2. The third kappa shape index (κ3) is 5.79. The number of allylic oxidation sites excluding steroid dienone is 1. The molecule has 2 nitrogen and oxygen atoms in total. The molecule has 0 unspecified atom stereocenters. The molecule has 0 aliphatic rings. The summed E-state index contributed by atoms with van der Waals surface area (Å²) >= 11 is 0. The Morgan fingerprint density at radius 1 is 1.26 bits per heavy atom. The SMILES string of the molecule is CC(C)/C=C/[C@@H](O)COc1cccc(C(F)(F)F)c1. The van der Waals surface area contributed by atoms with Crippen LogP contribution in [0.2, 0.25) is 0 Å². The van der Waals surface area contributed by atoms with Crippen molar-refractivity contribution in [1.82, 2.24) is 0 Å². The second kappa shape index (κ2) is 6.61. The number of aliphatic hydroxyl groups excluding tert-OH is 1. The number of aliphatic hydroxyl groups is 1. The molecular weight excluding hydrogens is 257 g/mol. The Labute approximate surface area is 110 Å². The smallest absolute Gasteiger partial charge is 0.416 e. The summed E-state index contributed by atoms with van der Waals surface area (Å²) in [7, 11) is 0. The summed E-state index contributed by atoms with van der Waals surface area (Å²) in [6.07, 6.45) is -1.86. The van der Waals surface area contributed by atoms with Crippen molar-refractivity contribution >= 4 is 0 Å². The van der Waals surface area contributed by atoms with Gasteiger partial charge in [0.2, 0.25) is 0 Å². The molecule has 0 saturated carbocycles. The van der Waals surface area contributed by atoms with E-state index < -0.39 is 17.8 Å².